The molecule has 5 rings (SSSR count). The number of imidazole rings is 2. The first kappa shape index (κ1) is 19.9. The molecule has 5 aromatic rings. The first-order valence-electron chi connectivity index (χ1n) is 10.1. The largest absolute Gasteiger partial charge is 0.338 e. The number of aromatic nitrogens is 4. The van der Waals surface area contributed by atoms with Crippen molar-refractivity contribution in [2.24, 2.45) is 7.05 Å². The van der Waals surface area contributed by atoms with Crippen molar-refractivity contribution in [3.05, 3.63) is 95.6 Å². The number of hydrogen-bond acceptors (Lipinski definition) is 3. The Labute approximate surface area is 181 Å². The second-order valence-corrected chi connectivity index (χ2v) is 7.49. The monoisotopic (exact) mass is 431 g/mol. The Morgan fingerprint density at radius 1 is 0.969 bits per heavy atom. The summed E-state index contributed by atoms with van der Waals surface area (Å²) in [4.78, 5) is 24.4. The van der Waals surface area contributed by atoms with E-state index >= 15 is 0 Å². The third-order valence-corrected chi connectivity index (χ3v) is 5.46. The molecule has 0 saturated heterocycles. The highest BCUT2D eigenvalue weighted by Crippen LogP contribution is 2.26. The van der Waals surface area contributed by atoms with Gasteiger partial charge in [-0.3, -0.25) is 4.79 Å². The van der Waals surface area contributed by atoms with E-state index in [0.717, 1.165) is 16.6 Å². The standard InChI is InChI=1S/C24H19F2N5O/c1-31-19-10-6-5-9-17(19)29-23(31)20(14-7-3-2-4-8-14)30-24(32)15-11-12-16-18(13-15)28-22(27-16)21(25)26/h2-13,20-21H,1H3,(H,27,28)(H,30,32). The van der Waals surface area contributed by atoms with E-state index in [-0.39, 0.29) is 5.91 Å². The SMILES string of the molecule is Cn1c(C(NC(=O)c2ccc3nc(C(F)F)[nH]c3c2)c2ccccc2)nc2ccccc21. The number of nitrogens with zero attached hydrogens (tertiary/aromatic N) is 3. The third-order valence-electron chi connectivity index (χ3n) is 5.46. The van der Waals surface area contributed by atoms with Crippen molar-refractivity contribution < 1.29 is 13.6 Å². The predicted molar refractivity (Wildman–Crippen MR) is 118 cm³/mol. The average molecular weight is 431 g/mol. The molecule has 6 nitrogen and oxygen atoms in total. The molecule has 0 bridgehead atoms. The molecule has 1 amide bonds. The summed E-state index contributed by atoms with van der Waals surface area (Å²) in [7, 11) is 1.91. The van der Waals surface area contributed by atoms with Gasteiger partial charge in [0.2, 0.25) is 0 Å². The number of halogens is 2. The summed E-state index contributed by atoms with van der Waals surface area (Å²) in [5.74, 6) is -0.0752. The van der Waals surface area contributed by atoms with Gasteiger partial charge in [0.25, 0.3) is 12.3 Å². The minimum Gasteiger partial charge on any atom is -0.338 e. The van der Waals surface area contributed by atoms with Crippen LogP contribution in [-0.2, 0) is 7.05 Å². The van der Waals surface area contributed by atoms with Crippen LogP contribution in [0.5, 0.6) is 0 Å². The number of aromatic amines is 1. The Kier molecular flexibility index (Phi) is 4.89. The van der Waals surface area contributed by atoms with Crippen LogP contribution < -0.4 is 5.32 Å². The summed E-state index contributed by atoms with van der Waals surface area (Å²) in [5, 5.41) is 3.06. The molecule has 3 aromatic carbocycles. The van der Waals surface area contributed by atoms with E-state index in [1.807, 2.05) is 66.2 Å². The number of carbonyl (C=O) groups excluding carboxylic acids is 1. The van der Waals surface area contributed by atoms with Gasteiger partial charge < -0.3 is 14.9 Å². The highest BCUT2D eigenvalue weighted by Gasteiger charge is 2.23. The smallest absolute Gasteiger partial charge is 0.295 e. The van der Waals surface area contributed by atoms with Crippen LogP contribution in [0.3, 0.4) is 0 Å². The summed E-state index contributed by atoms with van der Waals surface area (Å²) in [5.41, 5.74) is 3.76. The van der Waals surface area contributed by atoms with Crippen molar-refractivity contribution >= 4 is 28.0 Å². The minimum atomic E-state index is -2.71. The summed E-state index contributed by atoms with van der Waals surface area (Å²) in [6.07, 6.45) is -2.71. The molecule has 1 atom stereocenters. The molecule has 2 heterocycles. The Morgan fingerprint density at radius 3 is 2.47 bits per heavy atom. The molecule has 1 unspecified atom stereocenters. The number of nitrogens with one attached hydrogen (secondary N) is 2. The van der Waals surface area contributed by atoms with Crippen molar-refractivity contribution in [3.63, 3.8) is 0 Å². The van der Waals surface area contributed by atoms with Gasteiger partial charge in [-0.1, -0.05) is 42.5 Å². The van der Waals surface area contributed by atoms with E-state index in [1.54, 1.807) is 12.1 Å². The number of amides is 1. The van der Waals surface area contributed by atoms with Crippen LogP contribution in [0.25, 0.3) is 22.1 Å². The zero-order chi connectivity index (χ0) is 22.2. The molecule has 8 heteroatoms. The Bertz CT molecular complexity index is 1420. The van der Waals surface area contributed by atoms with E-state index in [1.165, 1.54) is 6.07 Å². The van der Waals surface area contributed by atoms with Crippen LogP contribution in [0.15, 0.2) is 72.8 Å². The first-order valence-corrected chi connectivity index (χ1v) is 10.1. The Balaban J connectivity index is 1.53. The van der Waals surface area contributed by atoms with Crippen molar-refractivity contribution in [1.29, 1.82) is 0 Å². The highest BCUT2D eigenvalue weighted by atomic mass is 19.3. The molecule has 0 aliphatic rings. The fraction of sp³-hybridized carbons (Fsp3) is 0.125. The molecule has 0 saturated carbocycles. The molecule has 2 aromatic heterocycles. The number of rotatable bonds is 5. The third kappa shape index (κ3) is 3.49. The fourth-order valence-corrected chi connectivity index (χ4v) is 3.85. The number of H-pyrrole nitrogens is 1. The second-order valence-electron chi connectivity index (χ2n) is 7.49. The molecule has 2 N–H and O–H groups in total. The maximum atomic E-state index is 13.2. The van der Waals surface area contributed by atoms with Crippen LogP contribution in [0.1, 0.15) is 40.0 Å². The van der Waals surface area contributed by atoms with E-state index < -0.39 is 18.3 Å². The molecule has 0 fully saturated rings. The molecule has 0 spiro atoms. The van der Waals surface area contributed by atoms with Gasteiger partial charge in [0, 0.05) is 12.6 Å². The number of hydrogen-bond donors (Lipinski definition) is 2. The molecule has 32 heavy (non-hydrogen) atoms. The number of fused-ring (bicyclic) bond motifs is 2. The van der Waals surface area contributed by atoms with Crippen molar-refractivity contribution in [2.45, 2.75) is 12.5 Å². The number of carbonyl (C=O) groups is 1. The molecular formula is C24H19F2N5O. The quantitative estimate of drug-likeness (QED) is 0.415. The van der Waals surface area contributed by atoms with Crippen LogP contribution in [0, 0.1) is 0 Å². The van der Waals surface area contributed by atoms with Gasteiger partial charge in [-0.15, -0.1) is 0 Å². The van der Waals surface area contributed by atoms with E-state index in [4.69, 9.17) is 4.98 Å². The van der Waals surface area contributed by atoms with Gasteiger partial charge in [0.05, 0.1) is 22.1 Å². The zero-order valence-corrected chi connectivity index (χ0v) is 17.1. The van der Waals surface area contributed by atoms with Gasteiger partial charge in [-0.05, 0) is 35.9 Å². The van der Waals surface area contributed by atoms with Gasteiger partial charge in [0.15, 0.2) is 5.82 Å². The lowest BCUT2D eigenvalue weighted by molar-refractivity contribution is 0.0941. The Hall–Kier alpha value is -4.07. The summed E-state index contributed by atoms with van der Waals surface area (Å²) >= 11 is 0. The normalized spacial score (nSPS) is 12.5. The lowest BCUT2D eigenvalue weighted by Gasteiger charge is -2.19. The average Bonchev–Trinajstić information content (AvgIpc) is 3.39. The number of alkyl halides is 2. The molecular weight excluding hydrogens is 412 g/mol. The fourth-order valence-electron chi connectivity index (χ4n) is 3.85. The zero-order valence-electron chi connectivity index (χ0n) is 17.1. The van der Waals surface area contributed by atoms with Gasteiger partial charge in [0.1, 0.15) is 11.9 Å². The first-order chi connectivity index (χ1) is 15.5. The predicted octanol–water partition coefficient (Wildman–Crippen LogP) is 4.91. The van der Waals surface area contributed by atoms with E-state index in [9.17, 15) is 13.6 Å². The topological polar surface area (TPSA) is 75.6 Å². The van der Waals surface area contributed by atoms with Crippen molar-refractivity contribution in [3.8, 4) is 0 Å². The van der Waals surface area contributed by atoms with Gasteiger partial charge in [-0.2, -0.15) is 0 Å². The maximum absolute atomic E-state index is 13.2. The molecule has 0 radical (unpaired) electrons. The summed E-state index contributed by atoms with van der Waals surface area (Å²) in [6.45, 7) is 0. The highest BCUT2D eigenvalue weighted by molar-refractivity contribution is 5.97. The molecule has 160 valence electrons. The van der Waals surface area contributed by atoms with E-state index in [0.29, 0.717) is 22.4 Å². The minimum absolute atomic E-state index is 0.335. The lowest BCUT2D eigenvalue weighted by Crippen LogP contribution is -2.31. The van der Waals surface area contributed by atoms with Crippen LogP contribution in [0.4, 0.5) is 8.78 Å². The summed E-state index contributed by atoms with van der Waals surface area (Å²) < 4.78 is 27.9. The van der Waals surface area contributed by atoms with Crippen molar-refractivity contribution in [1.82, 2.24) is 24.8 Å². The van der Waals surface area contributed by atoms with Crippen LogP contribution in [0.2, 0.25) is 0 Å². The number of benzene rings is 3. The van der Waals surface area contributed by atoms with Gasteiger partial charge in [-0.25, -0.2) is 18.7 Å². The summed E-state index contributed by atoms with van der Waals surface area (Å²) in [6, 6.07) is 21.5. The Morgan fingerprint density at radius 2 is 1.72 bits per heavy atom. The maximum Gasteiger partial charge on any atom is 0.295 e. The second kappa shape index (κ2) is 7.88. The van der Waals surface area contributed by atoms with Gasteiger partial charge >= 0.3 is 0 Å². The van der Waals surface area contributed by atoms with Crippen LogP contribution >= 0.6 is 0 Å². The van der Waals surface area contributed by atoms with Crippen LogP contribution in [-0.4, -0.2) is 25.4 Å². The molecule has 0 aliphatic carbocycles. The molecule has 0 aliphatic heterocycles. The number of aryl methyl sites for hydroxylation is 1. The van der Waals surface area contributed by atoms with E-state index in [2.05, 4.69) is 15.3 Å². The number of para-hydroxylation sites is 2. The van der Waals surface area contributed by atoms with Crippen molar-refractivity contribution in [2.75, 3.05) is 0 Å². The lowest BCUT2D eigenvalue weighted by atomic mass is 10.1.